The van der Waals surface area contributed by atoms with E-state index in [-0.39, 0.29) is 17.7 Å². The van der Waals surface area contributed by atoms with Crippen molar-refractivity contribution in [3.63, 3.8) is 0 Å². The van der Waals surface area contributed by atoms with E-state index < -0.39 is 5.92 Å². The Balaban J connectivity index is 2.23. The van der Waals surface area contributed by atoms with Crippen molar-refractivity contribution in [2.45, 2.75) is 124 Å². The summed E-state index contributed by atoms with van der Waals surface area (Å²) in [6, 6.07) is 0. The molecular formula is C26H46O4. The van der Waals surface area contributed by atoms with Crippen LogP contribution in [0.2, 0.25) is 0 Å². The predicted octanol–water partition coefficient (Wildman–Crippen LogP) is 6.83. The molecule has 0 aromatic heterocycles. The molecule has 1 aliphatic rings. The van der Waals surface area contributed by atoms with Crippen LogP contribution in [0.1, 0.15) is 124 Å². The average molecular weight is 423 g/mol. The molecule has 1 unspecified atom stereocenters. The van der Waals surface area contributed by atoms with Gasteiger partial charge in [-0.05, 0) is 44.9 Å². The van der Waals surface area contributed by atoms with Crippen molar-refractivity contribution in [1.29, 1.82) is 0 Å². The second-order valence-corrected chi connectivity index (χ2v) is 9.06. The van der Waals surface area contributed by atoms with Crippen molar-refractivity contribution >= 4 is 17.5 Å². The van der Waals surface area contributed by atoms with E-state index in [4.69, 9.17) is 4.74 Å². The summed E-state index contributed by atoms with van der Waals surface area (Å²) in [4.78, 5) is 36.5. The summed E-state index contributed by atoms with van der Waals surface area (Å²) in [6.07, 6.45) is 17.1. The molecule has 174 valence electrons. The zero-order valence-electron chi connectivity index (χ0n) is 19.9. The molecule has 1 aliphatic carbocycles. The van der Waals surface area contributed by atoms with E-state index >= 15 is 0 Å². The van der Waals surface area contributed by atoms with Gasteiger partial charge in [-0.15, -0.1) is 0 Å². The van der Waals surface area contributed by atoms with Crippen LogP contribution in [-0.4, -0.2) is 24.1 Å². The van der Waals surface area contributed by atoms with Crippen LogP contribution in [0.3, 0.4) is 0 Å². The molecule has 0 N–H and O–H groups in total. The van der Waals surface area contributed by atoms with Gasteiger partial charge >= 0.3 is 5.97 Å². The molecule has 0 spiro atoms. The van der Waals surface area contributed by atoms with E-state index in [1.54, 1.807) is 6.92 Å². The van der Waals surface area contributed by atoms with Crippen LogP contribution in [0, 0.1) is 17.8 Å². The van der Waals surface area contributed by atoms with E-state index in [9.17, 15) is 14.4 Å². The number of esters is 1. The number of carbonyl (C=O) groups excluding carboxylic acids is 3. The monoisotopic (exact) mass is 422 g/mol. The first-order valence-electron chi connectivity index (χ1n) is 12.8. The Labute approximate surface area is 184 Å². The second-order valence-electron chi connectivity index (χ2n) is 9.06. The minimum atomic E-state index is -0.618. The molecule has 3 atom stereocenters. The van der Waals surface area contributed by atoms with Crippen molar-refractivity contribution < 1.29 is 19.1 Å². The third-order valence-corrected chi connectivity index (χ3v) is 6.73. The zero-order valence-corrected chi connectivity index (χ0v) is 19.9. The summed E-state index contributed by atoms with van der Waals surface area (Å²) >= 11 is 0. The highest BCUT2D eigenvalue weighted by Crippen LogP contribution is 2.36. The van der Waals surface area contributed by atoms with Crippen LogP contribution >= 0.6 is 0 Å². The second kappa shape index (κ2) is 16.5. The van der Waals surface area contributed by atoms with Crippen LogP contribution in [0.25, 0.3) is 0 Å². The summed E-state index contributed by atoms with van der Waals surface area (Å²) in [5.74, 6) is 0.176. The lowest BCUT2D eigenvalue weighted by Crippen LogP contribution is -2.25. The molecule has 0 aromatic rings. The number of Topliss-reactive ketones (excluding diaryl/α,β-unsaturated/α-hetero) is 2. The Morgan fingerprint density at radius 2 is 1.53 bits per heavy atom. The smallest absolute Gasteiger partial charge is 0.316 e. The molecule has 0 heterocycles. The summed E-state index contributed by atoms with van der Waals surface area (Å²) in [7, 11) is 0. The van der Waals surface area contributed by atoms with Crippen molar-refractivity contribution in [3.8, 4) is 0 Å². The van der Waals surface area contributed by atoms with Gasteiger partial charge in [0.15, 0.2) is 0 Å². The van der Waals surface area contributed by atoms with Crippen molar-refractivity contribution in [2.24, 2.45) is 17.8 Å². The molecule has 0 aromatic carbocycles. The topological polar surface area (TPSA) is 60.4 Å². The maximum atomic E-state index is 12.3. The van der Waals surface area contributed by atoms with Gasteiger partial charge in [-0.2, -0.15) is 0 Å². The predicted molar refractivity (Wildman–Crippen MR) is 122 cm³/mol. The molecule has 1 saturated carbocycles. The molecular weight excluding hydrogens is 376 g/mol. The van der Waals surface area contributed by atoms with Gasteiger partial charge in [0.2, 0.25) is 0 Å². The first-order chi connectivity index (χ1) is 14.5. The number of ether oxygens (including phenoxy) is 1. The largest absolute Gasteiger partial charge is 0.465 e. The van der Waals surface area contributed by atoms with Gasteiger partial charge in [0, 0.05) is 18.8 Å². The SMILES string of the molecule is CCCCCCCCCC[C@H]1CCC(=O)[C@@H]1CCCCC(=O)C(CC)C(=O)OCC. The Kier molecular flexibility index (Phi) is 14.8. The maximum Gasteiger partial charge on any atom is 0.316 e. The lowest BCUT2D eigenvalue weighted by Gasteiger charge is -2.18. The van der Waals surface area contributed by atoms with Crippen molar-refractivity contribution in [3.05, 3.63) is 0 Å². The fourth-order valence-electron chi connectivity index (χ4n) is 4.87. The van der Waals surface area contributed by atoms with Crippen LogP contribution < -0.4 is 0 Å². The van der Waals surface area contributed by atoms with E-state index in [1.807, 2.05) is 6.92 Å². The lowest BCUT2D eigenvalue weighted by molar-refractivity contribution is -0.151. The summed E-state index contributed by atoms with van der Waals surface area (Å²) in [5, 5.41) is 0. The maximum absolute atomic E-state index is 12.3. The van der Waals surface area contributed by atoms with E-state index in [1.165, 1.54) is 57.8 Å². The summed E-state index contributed by atoms with van der Waals surface area (Å²) in [5.41, 5.74) is 0. The molecule has 4 nitrogen and oxygen atoms in total. The fourth-order valence-corrected chi connectivity index (χ4v) is 4.87. The number of ketones is 2. The minimum Gasteiger partial charge on any atom is -0.465 e. The van der Waals surface area contributed by atoms with Crippen LogP contribution in [0.5, 0.6) is 0 Å². The highest BCUT2D eigenvalue weighted by atomic mass is 16.5. The van der Waals surface area contributed by atoms with Gasteiger partial charge in [0.05, 0.1) is 6.61 Å². The average Bonchev–Trinajstić information content (AvgIpc) is 3.07. The van der Waals surface area contributed by atoms with E-state index in [2.05, 4.69) is 6.92 Å². The normalized spacial score (nSPS) is 19.8. The molecule has 0 bridgehead atoms. The highest BCUT2D eigenvalue weighted by molar-refractivity contribution is 5.98. The number of rotatable bonds is 18. The minimum absolute atomic E-state index is 0.0100. The van der Waals surface area contributed by atoms with Crippen LogP contribution in [0.15, 0.2) is 0 Å². The quantitative estimate of drug-likeness (QED) is 0.138. The molecule has 0 aliphatic heterocycles. The molecule has 4 heteroatoms. The highest BCUT2D eigenvalue weighted by Gasteiger charge is 2.33. The fraction of sp³-hybridized carbons (Fsp3) is 0.885. The van der Waals surface area contributed by atoms with Gasteiger partial charge in [0.1, 0.15) is 17.5 Å². The number of hydrogen-bond acceptors (Lipinski definition) is 4. The van der Waals surface area contributed by atoms with Gasteiger partial charge in [-0.3, -0.25) is 14.4 Å². The Hall–Kier alpha value is -1.19. The lowest BCUT2D eigenvalue weighted by atomic mass is 9.86. The van der Waals surface area contributed by atoms with Crippen molar-refractivity contribution in [2.75, 3.05) is 6.61 Å². The van der Waals surface area contributed by atoms with Gasteiger partial charge in [0.25, 0.3) is 0 Å². The third kappa shape index (κ3) is 10.2. The third-order valence-electron chi connectivity index (χ3n) is 6.73. The molecule has 0 radical (unpaired) electrons. The number of carbonyl (C=O) groups is 3. The molecule has 0 saturated heterocycles. The number of unbranched alkanes of at least 4 members (excludes halogenated alkanes) is 8. The standard InChI is InChI=1S/C26H46O4/c1-4-7-8-9-10-11-12-13-16-21-19-20-25(28)23(21)17-14-15-18-24(27)22(5-2)26(29)30-6-3/h21-23H,4-20H2,1-3H3/t21-,22?,23+/m0/s1. The summed E-state index contributed by atoms with van der Waals surface area (Å²) < 4.78 is 5.01. The van der Waals surface area contributed by atoms with Crippen LogP contribution in [0.4, 0.5) is 0 Å². The van der Waals surface area contributed by atoms with E-state index in [0.29, 0.717) is 31.1 Å². The van der Waals surface area contributed by atoms with Gasteiger partial charge < -0.3 is 4.74 Å². The molecule has 1 rings (SSSR count). The zero-order chi connectivity index (χ0) is 22.2. The first kappa shape index (κ1) is 26.8. The molecule has 1 fully saturated rings. The molecule has 30 heavy (non-hydrogen) atoms. The van der Waals surface area contributed by atoms with E-state index in [0.717, 1.165) is 32.1 Å². The van der Waals surface area contributed by atoms with Crippen molar-refractivity contribution in [1.82, 2.24) is 0 Å². The van der Waals surface area contributed by atoms with Crippen LogP contribution in [-0.2, 0) is 19.1 Å². The Morgan fingerprint density at radius 1 is 0.900 bits per heavy atom. The first-order valence-corrected chi connectivity index (χ1v) is 12.8. The number of hydrogen-bond donors (Lipinski definition) is 0. The summed E-state index contributed by atoms with van der Waals surface area (Å²) in [6.45, 7) is 6.18. The Bertz CT molecular complexity index is 499. The Morgan fingerprint density at radius 3 is 2.17 bits per heavy atom. The van der Waals surface area contributed by atoms with Gasteiger partial charge in [-0.25, -0.2) is 0 Å². The van der Waals surface area contributed by atoms with Gasteiger partial charge in [-0.1, -0.05) is 71.6 Å². The molecule has 0 amide bonds.